The second-order valence-electron chi connectivity index (χ2n) is 5.08. The number of aromatic nitrogens is 1. The summed E-state index contributed by atoms with van der Waals surface area (Å²) in [7, 11) is 2.17. The van der Waals surface area contributed by atoms with Crippen molar-refractivity contribution in [1.29, 1.82) is 5.41 Å². The molecule has 5 nitrogen and oxygen atoms in total. The minimum Gasteiger partial charge on any atom is -0.382 e. The van der Waals surface area contributed by atoms with Crippen molar-refractivity contribution in [2.24, 2.45) is 5.73 Å². The third kappa shape index (κ3) is 2.46. The van der Waals surface area contributed by atoms with Gasteiger partial charge >= 0.3 is 0 Å². The first kappa shape index (κ1) is 12.8. The molecule has 0 spiro atoms. The number of pyridine rings is 1. The number of amidine groups is 1. The Hall–Kier alpha value is -1.62. The monoisotopic (exact) mass is 247 g/mol. The molecule has 18 heavy (non-hydrogen) atoms. The molecular formula is C13H21N5. The quantitative estimate of drug-likeness (QED) is 0.601. The molecule has 1 saturated heterocycles. The van der Waals surface area contributed by atoms with E-state index in [4.69, 9.17) is 11.1 Å². The van der Waals surface area contributed by atoms with Crippen molar-refractivity contribution in [3.8, 4) is 0 Å². The number of hydrogen-bond donors (Lipinski definition) is 2. The third-order valence-corrected chi connectivity index (χ3v) is 3.74. The lowest BCUT2D eigenvalue weighted by Gasteiger charge is -2.43. The van der Waals surface area contributed by atoms with E-state index in [1.165, 1.54) is 0 Å². The van der Waals surface area contributed by atoms with Crippen molar-refractivity contribution in [3.05, 3.63) is 24.0 Å². The van der Waals surface area contributed by atoms with Gasteiger partial charge in [-0.15, -0.1) is 0 Å². The second-order valence-corrected chi connectivity index (χ2v) is 5.08. The highest BCUT2D eigenvalue weighted by atomic mass is 15.3. The molecule has 0 aliphatic carbocycles. The fourth-order valence-corrected chi connectivity index (χ4v) is 2.38. The van der Waals surface area contributed by atoms with Crippen LogP contribution in [-0.2, 0) is 0 Å². The predicted octanol–water partition coefficient (Wildman–Crippen LogP) is 0.894. The van der Waals surface area contributed by atoms with Crippen LogP contribution in [0.2, 0.25) is 0 Å². The zero-order valence-corrected chi connectivity index (χ0v) is 11.2. The number of nitrogen functional groups attached to an aromatic ring is 1. The Kier molecular flexibility index (Phi) is 3.52. The van der Waals surface area contributed by atoms with E-state index in [-0.39, 0.29) is 5.84 Å². The average molecular weight is 247 g/mol. The third-order valence-electron chi connectivity index (χ3n) is 3.74. The second kappa shape index (κ2) is 4.94. The van der Waals surface area contributed by atoms with E-state index in [9.17, 15) is 0 Å². The Labute approximate surface area is 108 Å². The summed E-state index contributed by atoms with van der Waals surface area (Å²) in [6.07, 6.45) is 1.72. The van der Waals surface area contributed by atoms with Gasteiger partial charge in [-0.3, -0.25) is 15.3 Å². The maximum absolute atomic E-state index is 7.45. The van der Waals surface area contributed by atoms with Crippen molar-refractivity contribution in [2.75, 3.05) is 25.0 Å². The van der Waals surface area contributed by atoms with Crippen molar-refractivity contribution in [3.63, 3.8) is 0 Å². The lowest BCUT2D eigenvalue weighted by atomic mass is 10.1. The summed E-state index contributed by atoms with van der Waals surface area (Å²) in [5, 5.41) is 7.45. The molecule has 98 valence electrons. The molecule has 1 aliphatic rings. The van der Waals surface area contributed by atoms with Crippen LogP contribution < -0.4 is 10.6 Å². The summed E-state index contributed by atoms with van der Waals surface area (Å²) in [6, 6.07) is 4.91. The number of rotatable bonds is 2. The van der Waals surface area contributed by atoms with Crippen LogP contribution in [-0.4, -0.2) is 47.9 Å². The number of nitrogens with two attached hydrogens (primary N) is 1. The van der Waals surface area contributed by atoms with Gasteiger partial charge in [0.1, 0.15) is 11.5 Å². The molecule has 2 heterocycles. The van der Waals surface area contributed by atoms with Gasteiger partial charge in [0.25, 0.3) is 0 Å². The molecule has 3 N–H and O–H groups in total. The molecule has 1 fully saturated rings. The van der Waals surface area contributed by atoms with E-state index < -0.39 is 0 Å². The zero-order chi connectivity index (χ0) is 13.3. The van der Waals surface area contributed by atoms with E-state index in [1.54, 1.807) is 6.20 Å². The first-order valence-electron chi connectivity index (χ1n) is 6.26. The predicted molar refractivity (Wildman–Crippen MR) is 74.2 cm³/mol. The maximum atomic E-state index is 7.45. The fraction of sp³-hybridized carbons (Fsp3) is 0.538. The Bertz CT molecular complexity index is 433. The smallest absolute Gasteiger partial charge is 0.141 e. The minimum absolute atomic E-state index is 0.0204. The first-order chi connectivity index (χ1) is 8.49. The molecule has 1 aliphatic heterocycles. The molecule has 0 amide bonds. The van der Waals surface area contributed by atoms with Gasteiger partial charge in [0, 0.05) is 37.1 Å². The SMILES string of the molecule is CC1CN(c2ccnc(C(=N)N)c2)CC(C)N1C. The van der Waals surface area contributed by atoms with Crippen LogP contribution in [0.1, 0.15) is 19.5 Å². The lowest BCUT2D eigenvalue weighted by Crippen LogP contribution is -2.55. The number of piperazine rings is 1. The van der Waals surface area contributed by atoms with E-state index in [1.807, 2.05) is 12.1 Å². The number of nitrogens with one attached hydrogen (secondary N) is 1. The first-order valence-corrected chi connectivity index (χ1v) is 6.26. The van der Waals surface area contributed by atoms with Crippen LogP contribution in [0, 0.1) is 5.41 Å². The summed E-state index contributed by atoms with van der Waals surface area (Å²) in [5.41, 5.74) is 7.13. The summed E-state index contributed by atoms with van der Waals surface area (Å²) >= 11 is 0. The molecule has 2 atom stereocenters. The van der Waals surface area contributed by atoms with E-state index in [0.29, 0.717) is 17.8 Å². The van der Waals surface area contributed by atoms with E-state index in [0.717, 1.165) is 18.8 Å². The number of anilines is 1. The van der Waals surface area contributed by atoms with Gasteiger partial charge in [0.05, 0.1) is 0 Å². The topological polar surface area (TPSA) is 69.2 Å². The highest BCUT2D eigenvalue weighted by Gasteiger charge is 2.26. The lowest BCUT2D eigenvalue weighted by molar-refractivity contribution is 0.170. The Morgan fingerprint density at radius 2 is 2.00 bits per heavy atom. The van der Waals surface area contributed by atoms with Gasteiger partial charge in [0.2, 0.25) is 0 Å². The van der Waals surface area contributed by atoms with Gasteiger partial charge in [-0.25, -0.2) is 0 Å². The highest BCUT2D eigenvalue weighted by Crippen LogP contribution is 2.21. The summed E-state index contributed by atoms with van der Waals surface area (Å²) in [6.45, 7) is 6.44. The Morgan fingerprint density at radius 1 is 1.39 bits per heavy atom. The molecule has 5 heteroatoms. The van der Waals surface area contributed by atoms with Gasteiger partial charge in [-0.05, 0) is 33.0 Å². The van der Waals surface area contributed by atoms with Crippen molar-refractivity contribution < 1.29 is 0 Å². The van der Waals surface area contributed by atoms with E-state index >= 15 is 0 Å². The zero-order valence-electron chi connectivity index (χ0n) is 11.2. The van der Waals surface area contributed by atoms with Crippen molar-refractivity contribution in [1.82, 2.24) is 9.88 Å². The van der Waals surface area contributed by atoms with Crippen LogP contribution in [0.5, 0.6) is 0 Å². The van der Waals surface area contributed by atoms with Crippen LogP contribution >= 0.6 is 0 Å². The standard InChI is InChI=1S/C13H21N5/c1-9-7-18(8-10(2)17(9)3)11-4-5-16-12(6-11)13(14)15/h4-6,9-10H,7-8H2,1-3H3,(H3,14,15). The highest BCUT2D eigenvalue weighted by molar-refractivity contribution is 5.93. The Balaban J connectivity index is 2.21. The number of hydrogen-bond acceptors (Lipinski definition) is 4. The molecule has 0 saturated carbocycles. The summed E-state index contributed by atoms with van der Waals surface area (Å²) in [5.74, 6) is 0.0204. The fourth-order valence-electron chi connectivity index (χ4n) is 2.38. The molecule has 0 bridgehead atoms. The molecule has 0 radical (unpaired) electrons. The van der Waals surface area contributed by atoms with Crippen molar-refractivity contribution in [2.45, 2.75) is 25.9 Å². The van der Waals surface area contributed by atoms with Crippen LogP contribution in [0.4, 0.5) is 5.69 Å². The molecule has 0 aromatic carbocycles. The van der Waals surface area contributed by atoms with E-state index in [2.05, 4.69) is 35.7 Å². The molecule has 2 rings (SSSR count). The van der Waals surface area contributed by atoms with Crippen LogP contribution in [0.25, 0.3) is 0 Å². The van der Waals surface area contributed by atoms with Gasteiger partial charge in [-0.2, -0.15) is 0 Å². The number of likely N-dealkylation sites (N-methyl/N-ethyl adjacent to an activating group) is 1. The van der Waals surface area contributed by atoms with Crippen molar-refractivity contribution >= 4 is 11.5 Å². The Morgan fingerprint density at radius 3 is 2.56 bits per heavy atom. The summed E-state index contributed by atoms with van der Waals surface area (Å²) in [4.78, 5) is 8.83. The summed E-state index contributed by atoms with van der Waals surface area (Å²) < 4.78 is 0. The molecule has 1 aromatic rings. The molecule has 2 unspecified atom stereocenters. The molecule has 1 aromatic heterocycles. The molecular weight excluding hydrogens is 226 g/mol. The van der Waals surface area contributed by atoms with Gasteiger partial charge in [-0.1, -0.05) is 0 Å². The minimum atomic E-state index is 0.0204. The largest absolute Gasteiger partial charge is 0.382 e. The normalized spacial score (nSPS) is 25.2. The van der Waals surface area contributed by atoms with Gasteiger partial charge < -0.3 is 10.6 Å². The number of nitrogens with zero attached hydrogens (tertiary/aromatic N) is 3. The van der Waals surface area contributed by atoms with Gasteiger partial charge in [0.15, 0.2) is 0 Å². The van der Waals surface area contributed by atoms with Crippen LogP contribution in [0.3, 0.4) is 0 Å². The van der Waals surface area contributed by atoms with Crippen LogP contribution in [0.15, 0.2) is 18.3 Å². The maximum Gasteiger partial charge on any atom is 0.141 e. The average Bonchev–Trinajstić information content (AvgIpc) is 2.35.